The summed E-state index contributed by atoms with van der Waals surface area (Å²) in [5, 5.41) is 11.5. The van der Waals surface area contributed by atoms with E-state index in [9.17, 15) is 9.59 Å². The fourth-order valence-electron chi connectivity index (χ4n) is 1.51. The maximum Gasteiger partial charge on any atom is 0.354 e. The van der Waals surface area contributed by atoms with Gasteiger partial charge in [-0.3, -0.25) is 4.79 Å². The van der Waals surface area contributed by atoms with E-state index in [4.69, 9.17) is 5.11 Å². The lowest BCUT2D eigenvalue weighted by atomic mass is 10.2. The second kappa shape index (κ2) is 7.17. The van der Waals surface area contributed by atoms with Crippen molar-refractivity contribution in [3.63, 3.8) is 0 Å². The smallest absolute Gasteiger partial charge is 0.354 e. The predicted molar refractivity (Wildman–Crippen MR) is 104 cm³/mol. The van der Waals surface area contributed by atoms with Gasteiger partial charge in [0.25, 0.3) is 5.91 Å². The Morgan fingerprint density at radius 2 is 1.86 bits per heavy atom. The molecule has 0 aliphatic heterocycles. The summed E-state index contributed by atoms with van der Waals surface area (Å²) in [4.78, 5) is 26.8. The van der Waals surface area contributed by atoms with Crippen LogP contribution in [0.5, 0.6) is 0 Å². The zero-order chi connectivity index (χ0) is 15.6. The van der Waals surface area contributed by atoms with Gasteiger partial charge in [-0.05, 0) is 92.0 Å². The molecule has 2 aromatic rings. The highest BCUT2D eigenvalue weighted by Gasteiger charge is 2.14. The molecule has 1 heterocycles. The molecule has 0 bridgehead atoms. The third-order valence-electron chi connectivity index (χ3n) is 2.48. The number of nitrogens with one attached hydrogen (secondary N) is 1. The minimum atomic E-state index is -1.10. The van der Waals surface area contributed by atoms with Gasteiger partial charge in [0, 0.05) is 10.7 Å². The Labute approximate surface area is 161 Å². The molecule has 0 spiro atoms. The predicted octanol–water partition coefficient (Wildman–Crippen LogP) is 3.85. The number of aromatic carboxylic acids is 1. The average Bonchev–Trinajstić information content (AvgIpc) is 2.43. The maximum atomic E-state index is 12.3. The van der Waals surface area contributed by atoms with Gasteiger partial charge in [-0.15, -0.1) is 0 Å². The number of benzene rings is 1. The van der Waals surface area contributed by atoms with Crippen LogP contribution in [0.2, 0.25) is 0 Å². The summed E-state index contributed by atoms with van der Waals surface area (Å²) >= 11 is 6.47. The Kier molecular flexibility index (Phi) is 5.76. The first kappa shape index (κ1) is 16.9. The van der Waals surface area contributed by atoms with Crippen molar-refractivity contribution in [2.75, 3.05) is 5.32 Å². The van der Waals surface area contributed by atoms with Crippen LogP contribution in [0.1, 0.15) is 20.8 Å². The molecule has 0 aliphatic carbocycles. The van der Waals surface area contributed by atoms with E-state index >= 15 is 0 Å². The number of rotatable bonds is 3. The summed E-state index contributed by atoms with van der Waals surface area (Å²) in [7, 11) is 0. The third-order valence-corrected chi connectivity index (χ3v) is 6.15. The quantitative estimate of drug-likeness (QED) is 0.404. The normalized spacial score (nSPS) is 10.2. The van der Waals surface area contributed by atoms with E-state index in [0.29, 0.717) is 11.3 Å². The van der Waals surface area contributed by atoms with Crippen LogP contribution in [0.4, 0.5) is 5.69 Å². The van der Waals surface area contributed by atoms with Crippen LogP contribution in [0, 0.1) is 10.7 Å². The molecule has 2 rings (SSSR count). The van der Waals surface area contributed by atoms with Gasteiger partial charge in [-0.1, -0.05) is 0 Å². The lowest BCUT2D eigenvalue weighted by Crippen LogP contribution is -2.15. The summed E-state index contributed by atoms with van der Waals surface area (Å²) in [6.07, 6.45) is 1.33. The number of carboxylic acid groups (broad SMARTS) is 1. The van der Waals surface area contributed by atoms with Crippen molar-refractivity contribution in [3.05, 3.63) is 52.4 Å². The highest BCUT2D eigenvalue weighted by Crippen LogP contribution is 2.23. The van der Waals surface area contributed by atoms with Crippen molar-refractivity contribution in [1.29, 1.82) is 0 Å². The van der Waals surface area contributed by atoms with E-state index in [1.165, 1.54) is 18.3 Å². The van der Waals surface area contributed by atoms with Gasteiger partial charge in [0.05, 0.1) is 17.4 Å². The molecule has 0 unspecified atom stereocenters. The molecular formula is C13H7I3N2O3. The first-order valence-electron chi connectivity index (χ1n) is 5.53. The summed E-state index contributed by atoms with van der Waals surface area (Å²) in [6.45, 7) is 0. The summed E-state index contributed by atoms with van der Waals surface area (Å²) in [5.74, 6) is -1.35. The van der Waals surface area contributed by atoms with Gasteiger partial charge in [0.1, 0.15) is 5.69 Å². The van der Waals surface area contributed by atoms with E-state index < -0.39 is 5.97 Å². The number of hydrogen-bond acceptors (Lipinski definition) is 3. The van der Waals surface area contributed by atoms with Crippen LogP contribution in [-0.2, 0) is 0 Å². The number of carbonyl (C=O) groups is 2. The summed E-state index contributed by atoms with van der Waals surface area (Å²) in [6, 6.07) is 6.66. The molecule has 21 heavy (non-hydrogen) atoms. The van der Waals surface area contributed by atoms with E-state index in [-0.39, 0.29) is 11.6 Å². The monoisotopic (exact) mass is 620 g/mol. The van der Waals surface area contributed by atoms with Gasteiger partial charge < -0.3 is 10.4 Å². The number of aromatic nitrogens is 1. The largest absolute Gasteiger partial charge is 0.477 e. The summed E-state index contributed by atoms with van der Waals surface area (Å²) < 4.78 is 2.85. The molecule has 1 aromatic heterocycles. The van der Waals surface area contributed by atoms with Crippen molar-refractivity contribution in [2.24, 2.45) is 0 Å². The van der Waals surface area contributed by atoms with Gasteiger partial charge in [0.2, 0.25) is 0 Å². The Balaban J connectivity index is 2.24. The minimum Gasteiger partial charge on any atom is -0.477 e. The van der Waals surface area contributed by atoms with Crippen LogP contribution < -0.4 is 5.32 Å². The van der Waals surface area contributed by atoms with E-state index in [2.05, 4.69) is 78.1 Å². The second-order valence-electron chi connectivity index (χ2n) is 3.94. The number of pyridine rings is 1. The molecular weight excluding hydrogens is 613 g/mol. The van der Waals surface area contributed by atoms with Crippen LogP contribution >= 0.6 is 67.8 Å². The van der Waals surface area contributed by atoms with Gasteiger partial charge >= 0.3 is 5.97 Å². The molecule has 5 nitrogen and oxygen atoms in total. The van der Waals surface area contributed by atoms with E-state index in [0.717, 1.165) is 10.7 Å². The molecule has 0 atom stereocenters. The molecule has 1 aromatic carbocycles. The lowest BCUT2D eigenvalue weighted by Gasteiger charge is -2.09. The minimum absolute atomic E-state index is 0.0635. The number of hydrogen-bond donors (Lipinski definition) is 2. The Morgan fingerprint density at radius 1 is 1.14 bits per heavy atom. The highest BCUT2D eigenvalue weighted by atomic mass is 127. The molecule has 0 saturated heterocycles. The van der Waals surface area contributed by atoms with Crippen molar-refractivity contribution in [1.82, 2.24) is 4.98 Å². The lowest BCUT2D eigenvalue weighted by molar-refractivity contribution is 0.0690. The van der Waals surface area contributed by atoms with Crippen molar-refractivity contribution >= 4 is 85.3 Å². The zero-order valence-corrected chi connectivity index (χ0v) is 16.7. The number of amides is 1. The Morgan fingerprint density at radius 3 is 2.43 bits per heavy atom. The van der Waals surface area contributed by atoms with Crippen molar-refractivity contribution in [3.8, 4) is 0 Å². The fraction of sp³-hybridized carbons (Fsp3) is 0. The third kappa shape index (κ3) is 4.25. The Hall–Kier alpha value is -0.500. The van der Waals surface area contributed by atoms with E-state index in [1.807, 2.05) is 6.07 Å². The van der Waals surface area contributed by atoms with Gasteiger partial charge in [-0.2, -0.15) is 0 Å². The number of nitrogens with zero attached hydrogens (tertiary/aromatic N) is 1. The van der Waals surface area contributed by atoms with E-state index in [1.54, 1.807) is 6.07 Å². The molecule has 0 aliphatic rings. The zero-order valence-electron chi connectivity index (χ0n) is 10.2. The fourth-order valence-corrected chi connectivity index (χ4v) is 3.92. The first-order chi connectivity index (χ1) is 9.88. The molecule has 1 amide bonds. The van der Waals surface area contributed by atoms with Crippen LogP contribution in [0.3, 0.4) is 0 Å². The molecule has 0 radical (unpaired) electrons. The number of anilines is 1. The standard InChI is InChI=1S/C13H7I3N2O3/c14-6-3-8(11(16)9(15)4-6)12(19)18-7-1-2-10(13(20)21)17-5-7/h1-5H,(H,18,19)(H,20,21). The van der Waals surface area contributed by atoms with Gasteiger partial charge in [-0.25, -0.2) is 9.78 Å². The van der Waals surface area contributed by atoms with Crippen LogP contribution in [-0.4, -0.2) is 22.0 Å². The SMILES string of the molecule is O=C(O)c1ccc(NC(=O)c2cc(I)cc(I)c2I)cn1. The second-order valence-corrected chi connectivity index (χ2v) is 7.43. The highest BCUT2D eigenvalue weighted by molar-refractivity contribution is 14.1. The topological polar surface area (TPSA) is 79.3 Å². The van der Waals surface area contributed by atoms with Crippen molar-refractivity contribution < 1.29 is 14.7 Å². The molecule has 8 heteroatoms. The summed E-state index contributed by atoms with van der Waals surface area (Å²) in [5.41, 5.74) is 0.968. The number of carbonyl (C=O) groups excluding carboxylic acids is 1. The Bertz CT molecular complexity index is 717. The average molecular weight is 620 g/mol. The number of halogens is 3. The molecule has 0 saturated carbocycles. The molecule has 0 fully saturated rings. The maximum absolute atomic E-state index is 12.3. The van der Waals surface area contributed by atoms with Crippen LogP contribution in [0.25, 0.3) is 0 Å². The molecule has 108 valence electrons. The van der Waals surface area contributed by atoms with Crippen molar-refractivity contribution in [2.45, 2.75) is 0 Å². The van der Waals surface area contributed by atoms with Crippen LogP contribution in [0.15, 0.2) is 30.5 Å². The van der Waals surface area contributed by atoms with Gasteiger partial charge in [0.15, 0.2) is 0 Å². The first-order valence-corrected chi connectivity index (χ1v) is 8.77. The number of carboxylic acids is 1. The molecule has 2 N–H and O–H groups in total.